The second-order valence-corrected chi connectivity index (χ2v) is 5.54. The van der Waals surface area contributed by atoms with Crippen LogP contribution in [0.2, 0.25) is 0 Å². The summed E-state index contributed by atoms with van der Waals surface area (Å²) in [6, 6.07) is 2.70. The molecule has 1 aromatic carbocycles. The minimum absolute atomic E-state index is 0.0194. The van der Waals surface area contributed by atoms with E-state index < -0.39 is 35.3 Å². The lowest BCUT2D eigenvalue weighted by molar-refractivity contribution is -0.376. The molecule has 0 heterocycles. The average molecular weight is 369 g/mol. The molecule has 0 bridgehead atoms. The lowest BCUT2D eigenvalue weighted by atomic mass is 9.92. The number of halogens is 6. The van der Waals surface area contributed by atoms with Gasteiger partial charge in [-0.1, -0.05) is 25.1 Å². The van der Waals surface area contributed by atoms with Crippen LogP contribution in [-0.2, 0) is 10.4 Å². The van der Waals surface area contributed by atoms with Crippen molar-refractivity contribution in [3.05, 3.63) is 42.5 Å². The third-order valence-corrected chi connectivity index (χ3v) is 3.64. The summed E-state index contributed by atoms with van der Waals surface area (Å²) >= 11 is 0. The minimum Gasteiger partial charge on any atom is -0.369 e. The highest BCUT2D eigenvalue weighted by atomic mass is 19.4. The van der Waals surface area contributed by atoms with Gasteiger partial charge < -0.3 is 10.4 Å². The van der Waals surface area contributed by atoms with Crippen LogP contribution in [0.15, 0.2) is 36.9 Å². The van der Waals surface area contributed by atoms with Gasteiger partial charge in [-0.25, -0.2) is 0 Å². The molecule has 9 heteroatoms. The molecule has 0 radical (unpaired) electrons. The van der Waals surface area contributed by atoms with Crippen LogP contribution in [0.5, 0.6) is 0 Å². The van der Waals surface area contributed by atoms with Crippen molar-refractivity contribution in [1.29, 1.82) is 0 Å². The average Bonchev–Trinajstić information content (AvgIpc) is 2.50. The Morgan fingerprint density at radius 1 is 1.16 bits per heavy atom. The zero-order chi connectivity index (χ0) is 19.5. The van der Waals surface area contributed by atoms with Gasteiger partial charge in [-0.3, -0.25) is 4.79 Å². The van der Waals surface area contributed by atoms with Crippen LogP contribution >= 0.6 is 0 Å². The van der Waals surface area contributed by atoms with E-state index in [1.165, 1.54) is 0 Å². The van der Waals surface area contributed by atoms with Crippen molar-refractivity contribution in [3.63, 3.8) is 0 Å². The Hall–Kier alpha value is -2.03. The van der Waals surface area contributed by atoms with Crippen LogP contribution < -0.4 is 5.32 Å². The van der Waals surface area contributed by atoms with Gasteiger partial charge in [0.15, 0.2) is 0 Å². The molecule has 140 valence electrons. The Balaban J connectivity index is 3.02. The molecular formula is C16H17F6NO2. The number of carbonyl (C=O) groups is 1. The summed E-state index contributed by atoms with van der Waals surface area (Å²) in [5.41, 5.74) is -6.35. The van der Waals surface area contributed by atoms with Crippen LogP contribution in [0.4, 0.5) is 32.0 Å². The lowest BCUT2D eigenvalue weighted by Gasteiger charge is -2.32. The van der Waals surface area contributed by atoms with Gasteiger partial charge in [-0.05, 0) is 25.0 Å². The van der Waals surface area contributed by atoms with E-state index in [4.69, 9.17) is 0 Å². The van der Waals surface area contributed by atoms with Gasteiger partial charge in [-0.15, -0.1) is 6.58 Å². The number of allylic oxidation sites excluding steroid dienone is 1. The molecule has 1 amide bonds. The summed E-state index contributed by atoms with van der Waals surface area (Å²) in [4.78, 5) is 11.9. The van der Waals surface area contributed by atoms with E-state index in [0.717, 1.165) is 12.1 Å². The molecule has 0 aromatic heterocycles. The Morgan fingerprint density at radius 2 is 1.64 bits per heavy atom. The predicted molar refractivity (Wildman–Crippen MR) is 79.7 cm³/mol. The van der Waals surface area contributed by atoms with Crippen molar-refractivity contribution in [2.75, 3.05) is 5.32 Å². The zero-order valence-electron chi connectivity index (χ0n) is 13.2. The van der Waals surface area contributed by atoms with Crippen molar-refractivity contribution < 1.29 is 36.2 Å². The van der Waals surface area contributed by atoms with Crippen molar-refractivity contribution in [3.8, 4) is 0 Å². The van der Waals surface area contributed by atoms with Crippen molar-refractivity contribution in [2.45, 2.75) is 37.7 Å². The minimum atomic E-state index is -5.95. The third-order valence-electron chi connectivity index (χ3n) is 3.64. The van der Waals surface area contributed by atoms with E-state index in [9.17, 15) is 36.2 Å². The molecule has 1 aromatic rings. The summed E-state index contributed by atoms with van der Waals surface area (Å²) in [7, 11) is 0. The van der Waals surface area contributed by atoms with Crippen molar-refractivity contribution >= 4 is 11.6 Å². The molecule has 0 aliphatic heterocycles. The molecule has 0 fully saturated rings. The van der Waals surface area contributed by atoms with Gasteiger partial charge in [0.05, 0.1) is 0 Å². The summed E-state index contributed by atoms with van der Waals surface area (Å²) in [6.07, 6.45) is -9.20. The quantitative estimate of drug-likeness (QED) is 0.571. The van der Waals surface area contributed by atoms with Crippen LogP contribution in [0.1, 0.15) is 25.3 Å². The number of carbonyl (C=O) groups excluding carboxylic acids is 1. The van der Waals surface area contributed by atoms with E-state index >= 15 is 0 Å². The predicted octanol–water partition coefficient (Wildman–Crippen LogP) is 4.54. The van der Waals surface area contributed by atoms with E-state index in [-0.39, 0.29) is 5.69 Å². The highest BCUT2D eigenvalue weighted by molar-refractivity contribution is 5.92. The second kappa shape index (κ2) is 7.47. The highest BCUT2D eigenvalue weighted by Crippen LogP contribution is 2.50. The molecule has 0 aliphatic rings. The Kier molecular flexibility index (Phi) is 6.28. The SMILES string of the molecule is C=CCCC(C)C(=O)Nc1ccc(C(O)(C(F)(F)F)C(F)(F)F)cc1. The molecule has 0 saturated carbocycles. The molecule has 1 atom stereocenters. The highest BCUT2D eigenvalue weighted by Gasteiger charge is 2.71. The Bertz CT molecular complexity index is 593. The van der Waals surface area contributed by atoms with Gasteiger partial charge >= 0.3 is 12.4 Å². The molecule has 3 nitrogen and oxygen atoms in total. The summed E-state index contributed by atoms with van der Waals surface area (Å²) < 4.78 is 76.6. The number of hydrogen-bond acceptors (Lipinski definition) is 2. The molecular weight excluding hydrogens is 352 g/mol. The Morgan fingerprint density at radius 3 is 2.04 bits per heavy atom. The topological polar surface area (TPSA) is 49.3 Å². The maximum absolute atomic E-state index is 12.8. The number of amides is 1. The molecule has 25 heavy (non-hydrogen) atoms. The van der Waals surface area contributed by atoms with Crippen LogP contribution in [-0.4, -0.2) is 23.4 Å². The smallest absolute Gasteiger partial charge is 0.369 e. The number of benzene rings is 1. The summed E-state index contributed by atoms with van der Waals surface area (Å²) in [5, 5.41) is 11.7. The number of aliphatic hydroxyl groups is 1. The fourth-order valence-corrected chi connectivity index (χ4v) is 2.05. The van der Waals surface area contributed by atoms with Gasteiger partial charge in [0.1, 0.15) is 0 Å². The standard InChI is InChI=1S/C16H17F6NO2/c1-3-4-5-10(2)13(24)23-12-8-6-11(7-9-12)14(25,15(17,18)19)16(20,21)22/h3,6-10,25H,1,4-5H2,2H3,(H,23,24). The van der Waals surface area contributed by atoms with E-state index in [0.29, 0.717) is 25.0 Å². The fraction of sp³-hybridized carbons (Fsp3) is 0.438. The van der Waals surface area contributed by atoms with Crippen molar-refractivity contribution in [1.82, 2.24) is 0 Å². The van der Waals surface area contributed by atoms with Gasteiger partial charge in [-0.2, -0.15) is 26.3 Å². The van der Waals surface area contributed by atoms with Gasteiger partial charge in [0.2, 0.25) is 5.91 Å². The number of nitrogens with one attached hydrogen (secondary N) is 1. The van der Waals surface area contributed by atoms with Crippen LogP contribution in [0.25, 0.3) is 0 Å². The van der Waals surface area contributed by atoms with E-state index in [1.807, 2.05) is 0 Å². The van der Waals surface area contributed by atoms with E-state index in [1.54, 1.807) is 13.0 Å². The summed E-state index contributed by atoms with van der Waals surface area (Å²) in [6.45, 7) is 5.13. The molecule has 2 N–H and O–H groups in total. The first-order valence-corrected chi connectivity index (χ1v) is 7.22. The zero-order valence-corrected chi connectivity index (χ0v) is 13.2. The van der Waals surface area contributed by atoms with Gasteiger partial charge in [0.25, 0.3) is 5.60 Å². The Labute approximate surface area is 140 Å². The second-order valence-electron chi connectivity index (χ2n) is 5.54. The lowest BCUT2D eigenvalue weighted by Crippen LogP contribution is -2.53. The third kappa shape index (κ3) is 4.53. The maximum Gasteiger partial charge on any atom is 0.430 e. The number of hydrogen-bond donors (Lipinski definition) is 2. The van der Waals surface area contributed by atoms with E-state index in [2.05, 4.69) is 11.9 Å². The first-order valence-electron chi connectivity index (χ1n) is 7.22. The largest absolute Gasteiger partial charge is 0.430 e. The first kappa shape index (κ1) is 21.0. The number of anilines is 1. The first-order chi connectivity index (χ1) is 11.3. The van der Waals surface area contributed by atoms with Crippen LogP contribution in [0.3, 0.4) is 0 Å². The summed E-state index contributed by atoms with van der Waals surface area (Å²) in [5.74, 6) is -0.850. The number of alkyl halides is 6. The van der Waals surface area contributed by atoms with Gasteiger partial charge in [0, 0.05) is 17.2 Å². The number of rotatable bonds is 6. The molecule has 0 saturated heterocycles. The molecule has 0 spiro atoms. The fourth-order valence-electron chi connectivity index (χ4n) is 2.05. The molecule has 0 aliphatic carbocycles. The normalized spacial score (nSPS) is 14.1. The molecule has 1 unspecified atom stereocenters. The monoisotopic (exact) mass is 369 g/mol. The van der Waals surface area contributed by atoms with Crippen LogP contribution in [0, 0.1) is 5.92 Å². The molecule has 1 rings (SSSR count). The maximum atomic E-state index is 12.8. The van der Waals surface area contributed by atoms with Crippen molar-refractivity contribution in [2.24, 2.45) is 5.92 Å².